The minimum absolute atomic E-state index is 0.522. The fraction of sp³-hybridized carbons (Fsp3) is 0.389. The van der Waals surface area contributed by atoms with Crippen LogP contribution in [0.5, 0.6) is 11.5 Å². The Morgan fingerprint density at radius 1 is 1.08 bits per heavy atom. The highest BCUT2D eigenvalue weighted by molar-refractivity contribution is 5.48. The second kappa shape index (κ2) is 7.81. The SMILES string of the molecule is COc1ccc(C(C#N)c2ccc(N3CCOCC3)nn2)cc1OC. The lowest BCUT2D eigenvalue weighted by atomic mass is 9.96. The molecule has 3 rings (SSSR count). The average Bonchev–Trinajstić information content (AvgIpc) is 2.69. The van der Waals surface area contributed by atoms with Crippen molar-refractivity contribution in [1.82, 2.24) is 10.2 Å². The number of hydrogen-bond donors (Lipinski definition) is 0. The second-order valence-electron chi connectivity index (χ2n) is 5.59. The van der Waals surface area contributed by atoms with Gasteiger partial charge in [-0.25, -0.2) is 0 Å². The van der Waals surface area contributed by atoms with Crippen molar-refractivity contribution in [3.63, 3.8) is 0 Å². The van der Waals surface area contributed by atoms with Crippen molar-refractivity contribution >= 4 is 5.82 Å². The van der Waals surface area contributed by atoms with E-state index < -0.39 is 5.92 Å². The average molecular weight is 340 g/mol. The van der Waals surface area contributed by atoms with E-state index in [0.717, 1.165) is 24.5 Å². The summed E-state index contributed by atoms with van der Waals surface area (Å²) >= 11 is 0. The van der Waals surface area contributed by atoms with E-state index in [1.165, 1.54) is 0 Å². The Balaban J connectivity index is 1.84. The Hall–Kier alpha value is -2.85. The number of methoxy groups -OCH3 is 2. The van der Waals surface area contributed by atoms with Gasteiger partial charge in [0, 0.05) is 13.1 Å². The predicted molar refractivity (Wildman–Crippen MR) is 92.1 cm³/mol. The van der Waals surface area contributed by atoms with Gasteiger partial charge in [-0.05, 0) is 29.8 Å². The van der Waals surface area contributed by atoms with Gasteiger partial charge < -0.3 is 19.1 Å². The smallest absolute Gasteiger partial charge is 0.161 e. The highest BCUT2D eigenvalue weighted by atomic mass is 16.5. The molecule has 7 heteroatoms. The van der Waals surface area contributed by atoms with E-state index in [2.05, 4.69) is 21.2 Å². The lowest BCUT2D eigenvalue weighted by molar-refractivity contribution is 0.122. The minimum atomic E-state index is -0.522. The topological polar surface area (TPSA) is 80.5 Å². The van der Waals surface area contributed by atoms with Crippen LogP contribution in [-0.4, -0.2) is 50.7 Å². The molecule has 0 aliphatic carbocycles. The zero-order chi connectivity index (χ0) is 17.6. The van der Waals surface area contributed by atoms with Crippen LogP contribution in [0.2, 0.25) is 0 Å². The number of benzene rings is 1. The third-order valence-electron chi connectivity index (χ3n) is 4.17. The van der Waals surface area contributed by atoms with E-state index in [0.29, 0.717) is 30.4 Å². The summed E-state index contributed by atoms with van der Waals surface area (Å²) in [6.45, 7) is 2.97. The Morgan fingerprint density at radius 3 is 2.44 bits per heavy atom. The van der Waals surface area contributed by atoms with Crippen LogP contribution in [0.1, 0.15) is 17.2 Å². The Labute approximate surface area is 146 Å². The van der Waals surface area contributed by atoms with Gasteiger partial charge in [-0.15, -0.1) is 5.10 Å². The first-order valence-corrected chi connectivity index (χ1v) is 8.04. The van der Waals surface area contributed by atoms with E-state index in [-0.39, 0.29) is 0 Å². The summed E-state index contributed by atoms with van der Waals surface area (Å²) in [5, 5.41) is 18.2. The molecule has 0 radical (unpaired) electrons. The summed E-state index contributed by atoms with van der Waals surface area (Å²) in [4.78, 5) is 2.12. The molecule has 0 saturated carbocycles. The van der Waals surface area contributed by atoms with Crippen LogP contribution in [0, 0.1) is 11.3 Å². The van der Waals surface area contributed by atoms with E-state index in [1.54, 1.807) is 26.4 Å². The molecule has 25 heavy (non-hydrogen) atoms. The Bertz CT molecular complexity index is 752. The number of nitrogens with zero attached hydrogens (tertiary/aromatic N) is 4. The molecule has 1 aromatic carbocycles. The maximum absolute atomic E-state index is 9.62. The number of ether oxygens (including phenoxy) is 3. The third kappa shape index (κ3) is 3.64. The minimum Gasteiger partial charge on any atom is -0.493 e. The quantitative estimate of drug-likeness (QED) is 0.823. The zero-order valence-corrected chi connectivity index (χ0v) is 14.3. The van der Waals surface area contributed by atoms with Gasteiger partial charge in [0.2, 0.25) is 0 Å². The van der Waals surface area contributed by atoms with Crippen molar-refractivity contribution in [1.29, 1.82) is 5.26 Å². The number of aromatic nitrogens is 2. The maximum atomic E-state index is 9.62. The molecule has 1 unspecified atom stereocenters. The molecular formula is C18H20N4O3. The zero-order valence-electron chi connectivity index (χ0n) is 14.3. The predicted octanol–water partition coefficient (Wildman–Crippen LogP) is 1.99. The molecule has 1 aromatic heterocycles. The largest absolute Gasteiger partial charge is 0.493 e. The first-order valence-electron chi connectivity index (χ1n) is 8.04. The molecule has 0 amide bonds. The summed E-state index contributed by atoms with van der Waals surface area (Å²) in [5.41, 5.74) is 1.39. The number of anilines is 1. The molecular weight excluding hydrogens is 320 g/mol. The third-order valence-corrected chi connectivity index (χ3v) is 4.17. The summed E-state index contributed by atoms with van der Waals surface area (Å²) in [6.07, 6.45) is 0. The number of nitriles is 1. The van der Waals surface area contributed by atoms with Crippen molar-refractivity contribution in [2.75, 3.05) is 45.4 Å². The standard InChI is InChI=1S/C18H20N4O3/c1-23-16-5-3-13(11-17(16)24-2)14(12-19)15-4-6-18(21-20-15)22-7-9-25-10-8-22/h3-6,11,14H,7-10H2,1-2H3. The Morgan fingerprint density at radius 2 is 1.84 bits per heavy atom. The van der Waals surface area contributed by atoms with Gasteiger partial charge in [-0.2, -0.15) is 10.4 Å². The Kier molecular flexibility index (Phi) is 5.31. The molecule has 130 valence electrons. The first-order chi connectivity index (χ1) is 12.3. The van der Waals surface area contributed by atoms with Gasteiger partial charge in [-0.1, -0.05) is 6.07 Å². The summed E-state index contributed by atoms with van der Waals surface area (Å²) in [6, 6.07) is 11.5. The molecule has 1 atom stereocenters. The van der Waals surface area contributed by atoms with Gasteiger partial charge in [0.1, 0.15) is 5.92 Å². The first kappa shape index (κ1) is 17.0. The van der Waals surface area contributed by atoms with Gasteiger partial charge >= 0.3 is 0 Å². The van der Waals surface area contributed by atoms with Crippen molar-refractivity contribution in [2.24, 2.45) is 0 Å². The van der Waals surface area contributed by atoms with Crippen LogP contribution < -0.4 is 14.4 Å². The molecule has 1 aliphatic rings. The fourth-order valence-electron chi connectivity index (χ4n) is 2.79. The molecule has 7 nitrogen and oxygen atoms in total. The fourth-order valence-corrected chi connectivity index (χ4v) is 2.79. The van der Waals surface area contributed by atoms with Crippen LogP contribution >= 0.6 is 0 Å². The molecule has 1 aliphatic heterocycles. The van der Waals surface area contributed by atoms with E-state index >= 15 is 0 Å². The van der Waals surface area contributed by atoms with Crippen LogP contribution in [0.4, 0.5) is 5.82 Å². The number of morpholine rings is 1. The molecule has 0 bridgehead atoms. The van der Waals surface area contributed by atoms with Gasteiger partial charge in [0.15, 0.2) is 17.3 Å². The normalized spacial score (nSPS) is 15.3. The van der Waals surface area contributed by atoms with Crippen molar-refractivity contribution in [2.45, 2.75) is 5.92 Å². The van der Waals surface area contributed by atoms with Crippen LogP contribution in [-0.2, 0) is 4.74 Å². The highest BCUT2D eigenvalue weighted by Gasteiger charge is 2.19. The van der Waals surface area contributed by atoms with E-state index in [4.69, 9.17) is 14.2 Å². The molecule has 2 heterocycles. The lowest BCUT2D eigenvalue weighted by Gasteiger charge is -2.27. The second-order valence-corrected chi connectivity index (χ2v) is 5.59. The molecule has 0 N–H and O–H groups in total. The van der Waals surface area contributed by atoms with Crippen molar-refractivity contribution in [3.05, 3.63) is 41.6 Å². The number of hydrogen-bond acceptors (Lipinski definition) is 7. The monoisotopic (exact) mass is 340 g/mol. The summed E-state index contributed by atoms with van der Waals surface area (Å²) in [7, 11) is 3.15. The van der Waals surface area contributed by atoms with E-state index in [1.807, 2.05) is 18.2 Å². The molecule has 1 saturated heterocycles. The highest BCUT2D eigenvalue weighted by Crippen LogP contribution is 2.32. The van der Waals surface area contributed by atoms with E-state index in [9.17, 15) is 5.26 Å². The van der Waals surface area contributed by atoms with Crippen LogP contribution in [0.3, 0.4) is 0 Å². The molecule has 1 fully saturated rings. The molecule has 2 aromatic rings. The van der Waals surface area contributed by atoms with Gasteiger partial charge in [-0.3, -0.25) is 0 Å². The number of rotatable bonds is 5. The lowest BCUT2D eigenvalue weighted by Crippen LogP contribution is -2.36. The summed E-state index contributed by atoms with van der Waals surface area (Å²) < 4.78 is 15.9. The molecule has 0 spiro atoms. The van der Waals surface area contributed by atoms with Gasteiger partial charge in [0.05, 0.1) is 39.2 Å². The summed E-state index contributed by atoms with van der Waals surface area (Å²) in [5.74, 6) is 1.48. The van der Waals surface area contributed by atoms with Crippen molar-refractivity contribution < 1.29 is 14.2 Å². The van der Waals surface area contributed by atoms with Crippen LogP contribution in [0.15, 0.2) is 30.3 Å². The maximum Gasteiger partial charge on any atom is 0.161 e. The van der Waals surface area contributed by atoms with Crippen molar-refractivity contribution in [3.8, 4) is 17.6 Å². The van der Waals surface area contributed by atoms with Crippen LogP contribution in [0.25, 0.3) is 0 Å². The van der Waals surface area contributed by atoms with Gasteiger partial charge in [0.25, 0.3) is 0 Å².